The van der Waals surface area contributed by atoms with Crippen molar-refractivity contribution in [1.82, 2.24) is 4.98 Å². The summed E-state index contributed by atoms with van der Waals surface area (Å²) in [6, 6.07) is 10.5. The quantitative estimate of drug-likeness (QED) is 0.262. The second-order valence-electron chi connectivity index (χ2n) is 9.96. The minimum atomic E-state index is -1.45. The Morgan fingerprint density at radius 2 is 1.85 bits per heavy atom. The van der Waals surface area contributed by atoms with Gasteiger partial charge in [0.1, 0.15) is 34.5 Å². The Hall–Kier alpha value is -3.73. The number of quaternary nitrogens is 1. The van der Waals surface area contributed by atoms with E-state index in [-0.39, 0.29) is 59.3 Å². The molecule has 2 atom stereocenters. The number of aromatic nitrogens is 1. The van der Waals surface area contributed by atoms with Crippen LogP contribution in [0.2, 0.25) is 10.0 Å². The van der Waals surface area contributed by atoms with Gasteiger partial charge in [-0.25, -0.2) is 19.0 Å². The van der Waals surface area contributed by atoms with E-state index in [1.165, 1.54) is 12.3 Å². The van der Waals surface area contributed by atoms with Gasteiger partial charge in [-0.3, -0.25) is 0 Å². The van der Waals surface area contributed by atoms with Crippen molar-refractivity contribution in [2.75, 3.05) is 13.2 Å². The van der Waals surface area contributed by atoms with Crippen LogP contribution in [0.3, 0.4) is 0 Å². The van der Waals surface area contributed by atoms with Gasteiger partial charge in [-0.05, 0) is 17.5 Å². The number of hydrogen-bond donors (Lipinski definition) is 1. The van der Waals surface area contributed by atoms with Crippen LogP contribution in [0.15, 0.2) is 54.7 Å². The lowest BCUT2D eigenvalue weighted by molar-refractivity contribution is -0.780. The van der Waals surface area contributed by atoms with Crippen LogP contribution in [0.1, 0.15) is 42.6 Å². The number of carboxylic acid groups (broad SMARTS) is 1. The molecule has 9 nitrogen and oxygen atoms in total. The fraction of sp³-hybridized carbons (Fsp3) is 0.310. The summed E-state index contributed by atoms with van der Waals surface area (Å²) in [6.45, 7) is 3.99. The normalized spacial score (nSPS) is 18.2. The second kappa shape index (κ2) is 12.8. The molecule has 1 fully saturated rings. The second-order valence-corrected chi connectivity index (χ2v) is 10.8. The van der Waals surface area contributed by atoms with Gasteiger partial charge in [0.2, 0.25) is 11.9 Å². The predicted molar refractivity (Wildman–Crippen MR) is 148 cm³/mol. The molecule has 1 N–H and O–H groups in total. The smallest absolute Gasteiger partial charge is 0.477 e. The summed E-state index contributed by atoms with van der Waals surface area (Å²) >= 11 is 12.6. The topological polar surface area (TPSA) is 112 Å². The van der Waals surface area contributed by atoms with Crippen molar-refractivity contribution in [2.24, 2.45) is 5.92 Å². The first-order valence-electron chi connectivity index (χ1n) is 12.8. The molecule has 0 radical (unpaired) electrons. The first-order chi connectivity index (χ1) is 19.5. The highest BCUT2D eigenvalue weighted by molar-refractivity contribution is 6.32. The number of benzene rings is 2. The molecule has 1 saturated heterocycles. The van der Waals surface area contributed by atoms with E-state index in [9.17, 15) is 19.5 Å². The van der Waals surface area contributed by atoms with Crippen molar-refractivity contribution < 1.29 is 42.6 Å². The van der Waals surface area contributed by atoms with Gasteiger partial charge >= 0.3 is 18.0 Å². The lowest BCUT2D eigenvalue weighted by Crippen LogP contribution is -2.62. The Bertz CT molecular complexity index is 1450. The van der Waals surface area contributed by atoms with E-state index in [1.807, 2.05) is 13.8 Å². The highest BCUT2D eigenvalue weighted by Crippen LogP contribution is 2.37. The molecule has 12 heteroatoms. The number of carbonyl (C=O) groups excluding carboxylic acids is 2. The zero-order valence-electron chi connectivity index (χ0n) is 22.3. The van der Waals surface area contributed by atoms with Crippen LogP contribution < -0.4 is 9.47 Å². The van der Waals surface area contributed by atoms with Gasteiger partial charge in [0, 0.05) is 25.0 Å². The summed E-state index contributed by atoms with van der Waals surface area (Å²) < 4.78 is 30.8. The van der Waals surface area contributed by atoms with Crippen LogP contribution in [-0.4, -0.2) is 51.7 Å². The predicted octanol–water partition coefficient (Wildman–Crippen LogP) is 6.90. The van der Waals surface area contributed by atoms with Crippen LogP contribution in [0.5, 0.6) is 17.4 Å². The van der Waals surface area contributed by atoms with E-state index >= 15 is 4.39 Å². The summed E-state index contributed by atoms with van der Waals surface area (Å²) in [7, 11) is 0. The summed E-state index contributed by atoms with van der Waals surface area (Å²) in [6.07, 6.45) is 0.507. The average molecular weight is 606 g/mol. The molecule has 41 heavy (non-hydrogen) atoms. The van der Waals surface area contributed by atoms with Crippen LogP contribution in [0.25, 0.3) is 0 Å². The summed E-state index contributed by atoms with van der Waals surface area (Å²) in [5, 5.41) is 9.88. The third-order valence-corrected chi connectivity index (χ3v) is 7.08. The summed E-state index contributed by atoms with van der Waals surface area (Å²) in [5.41, 5.74) is 0.0723. The van der Waals surface area contributed by atoms with Gasteiger partial charge in [-0.15, -0.1) is 4.48 Å². The maximum absolute atomic E-state index is 15.4. The zero-order valence-corrected chi connectivity index (χ0v) is 23.8. The minimum Gasteiger partial charge on any atom is -0.477 e. The number of halogens is 3. The Balaban J connectivity index is 1.61. The highest BCUT2D eigenvalue weighted by Gasteiger charge is 2.60. The lowest BCUT2D eigenvalue weighted by Gasteiger charge is -2.31. The van der Waals surface area contributed by atoms with E-state index in [4.69, 9.17) is 37.4 Å². The van der Waals surface area contributed by atoms with Gasteiger partial charge in [-0.2, -0.15) is 4.79 Å². The Kier molecular flexibility index (Phi) is 9.47. The van der Waals surface area contributed by atoms with Crippen LogP contribution >= 0.6 is 23.2 Å². The molecule has 3 aromatic rings. The molecule has 1 aromatic heterocycles. The number of carboxylic acids is 1. The van der Waals surface area contributed by atoms with Crippen molar-refractivity contribution in [2.45, 2.75) is 39.3 Å². The standard InChI is InChI=1S/C29H27Cl2FN2O7/c1-17(2)15-39-26-22(31)11-19(14-33-26)41-25-13-23(32)20(12-21(25)30)27(35)34(10-6-9-24(34)28(36)37)29(38)40-16-18-7-4-3-5-8-18/h3-5,7-8,11-14,17,24H,6,9-10,15-16H2,1-2H3/p+1/t24-,34?/m0/s1. The number of nitrogens with zero attached hydrogens (tertiary/aromatic N) is 2. The third kappa shape index (κ3) is 6.61. The van der Waals surface area contributed by atoms with Gasteiger partial charge in [0.05, 0.1) is 24.4 Å². The van der Waals surface area contributed by atoms with Crippen LogP contribution in [0, 0.1) is 11.7 Å². The van der Waals surface area contributed by atoms with Gasteiger partial charge in [0.25, 0.3) is 0 Å². The molecule has 2 aromatic carbocycles. The van der Waals surface area contributed by atoms with E-state index in [1.54, 1.807) is 30.3 Å². The fourth-order valence-electron chi connectivity index (χ4n) is 4.53. The summed E-state index contributed by atoms with van der Waals surface area (Å²) in [5.74, 6) is -3.06. The molecule has 0 spiro atoms. The van der Waals surface area contributed by atoms with Gasteiger partial charge in [0.15, 0.2) is 0 Å². The number of hydrogen-bond acceptors (Lipinski definition) is 7. The molecule has 1 aliphatic heterocycles. The number of amides is 2. The Morgan fingerprint density at radius 3 is 2.51 bits per heavy atom. The number of pyridine rings is 1. The molecule has 2 heterocycles. The lowest BCUT2D eigenvalue weighted by atomic mass is 10.1. The van der Waals surface area contributed by atoms with E-state index in [2.05, 4.69) is 4.98 Å². The number of imide groups is 1. The molecule has 2 amide bonds. The van der Waals surface area contributed by atoms with Crippen molar-refractivity contribution in [1.29, 1.82) is 0 Å². The van der Waals surface area contributed by atoms with Crippen LogP contribution in [-0.2, 0) is 16.1 Å². The number of ether oxygens (including phenoxy) is 3. The molecule has 0 bridgehead atoms. The third-order valence-electron chi connectivity index (χ3n) is 6.51. The number of aliphatic carboxylic acids is 1. The molecule has 1 aliphatic rings. The molecule has 4 rings (SSSR count). The maximum Gasteiger partial charge on any atom is 0.524 e. The van der Waals surface area contributed by atoms with Crippen molar-refractivity contribution >= 4 is 41.2 Å². The highest BCUT2D eigenvalue weighted by atomic mass is 35.5. The SMILES string of the molecule is CC(C)COc1ncc(Oc2cc(F)c(C(=O)[N+]3(C(=O)OCc4ccccc4)CCC[C@H]3C(=O)O)cc2Cl)cc1Cl. The van der Waals surface area contributed by atoms with E-state index in [0.29, 0.717) is 12.2 Å². The number of likely N-dealkylation sites (tertiary alicyclic amines) is 1. The molecular formula is C29H28Cl2FN2O7+. The average Bonchev–Trinajstić information content (AvgIpc) is 3.40. The van der Waals surface area contributed by atoms with Gasteiger partial charge < -0.3 is 19.3 Å². The fourth-order valence-corrected chi connectivity index (χ4v) is 4.94. The Morgan fingerprint density at radius 1 is 1.12 bits per heavy atom. The van der Waals surface area contributed by atoms with Crippen LogP contribution in [0.4, 0.5) is 9.18 Å². The van der Waals surface area contributed by atoms with Crippen molar-refractivity contribution in [3.05, 3.63) is 81.7 Å². The summed E-state index contributed by atoms with van der Waals surface area (Å²) in [4.78, 5) is 43.4. The maximum atomic E-state index is 15.4. The van der Waals surface area contributed by atoms with Crippen molar-refractivity contribution in [3.63, 3.8) is 0 Å². The zero-order chi connectivity index (χ0) is 29.7. The molecule has 0 saturated carbocycles. The first kappa shape index (κ1) is 30.2. The molecule has 1 unspecified atom stereocenters. The number of rotatable bonds is 9. The van der Waals surface area contributed by atoms with E-state index < -0.39 is 39.9 Å². The van der Waals surface area contributed by atoms with Crippen molar-refractivity contribution in [3.8, 4) is 17.4 Å². The number of carbonyl (C=O) groups is 3. The first-order valence-corrected chi connectivity index (χ1v) is 13.6. The molecule has 216 valence electrons. The molecular weight excluding hydrogens is 578 g/mol. The largest absolute Gasteiger partial charge is 0.524 e. The van der Waals surface area contributed by atoms with Gasteiger partial charge in [-0.1, -0.05) is 67.4 Å². The molecule has 0 aliphatic carbocycles. The Labute approximate surface area is 246 Å². The minimum absolute atomic E-state index is 0.0304. The monoisotopic (exact) mass is 605 g/mol. The van der Waals surface area contributed by atoms with E-state index in [0.717, 1.165) is 12.1 Å².